The van der Waals surface area contributed by atoms with Gasteiger partial charge in [0.2, 0.25) is 5.91 Å². The molecule has 1 fully saturated rings. The summed E-state index contributed by atoms with van der Waals surface area (Å²) < 4.78 is 44.1. The third kappa shape index (κ3) is 5.69. The first-order valence-corrected chi connectivity index (χ1v) is 12.0. The number of amides is 1. The summed E-state index contributed by atoms with van der Waals surface area (Å²) in [4.78, 5) is 12.6. The number of hydrogen-bond donors (Lipinski definition) is 1. The van der Waals surface area contributed by atoms with Crippen molar-refractivity contribution >= 4 is 17.2 Å². The monoisotopic (exact) mass is 457 g/mol. The quantitative estimate of drug-likeness (QED) is 0.377. The smallest absolute Gasteiger partial charge is 0.248 e. The molecule has 1 N–H and O–H groups in total. The molecule has 0 spiro atoms. The first kappa shape index (κ1) is 25.1. The van der Waals surface area contributed by atoms with Crippen LogP contribution in [-0.2, 0) is 10.5 Å². The number of rotatable bonds is 9. The van der Waals surface area contributed by atoms with Gasteiger partial charge in [0.25, 0.3) is 0 Å². The molecule has 1 aliphatic carbocycles. The van der Waals surface area contributed by atoms with E-state index >= 15 is 4.39 Å². The van der Waals surface area contributed by atoms with Gasteiger partial charge < -0.3 is 5.32 Å². The van der Waals surface area contributed by atoms with Gasteiger partial charge in [-0.1, -0.05) is 64.3 Å². The predicted molar refractivity (Wildman–Crippen MR) is 129 cm³/mol. The van der Waals surface area contributed by atoms with E-state index in [0.717, 1.165) is 43.2 Å². The van der Waals surface area contributed by atoms with Gasteiger partial charge in [-0.15, -0.1) is 0 Å². The van der Waals surface area contributed by atoms with Crippen molar-refractivity contribution in [2.75, 3.05) is 5.32 Å². The summed E-state index contributed by atoms with van der Waals surface area (Å²) in [5.74, 6) is -1.86. The van der Waals surface area contributed by atoms with Crippen molar-refractivity contribution in [2.24, 2.45) is 5.92 Å². The van der Waals surface area contributed by atoms with E-state index in [-0.39, 0.29) is 23.1 Å². The molecule has 1 aliphatic rings. The Balaban J connectivity index is 1.78. The van der Waals surface area contributed by atoms with Gasteiger partial charge in [0.15, 0.2) is 0 Å². The zero-order valence-corrected chi connectivity index (χ0v) is 20.0. The van der Waals surface area contributed by atoms with Gasteiger partial charge in [0.05, 0.1) is 0 Å². The Morgan fingerprint density at radius 2 is 1.76 bits per heavy atom. The van der Waals surface area contributed by atoms with E-state index in [1.807, 2.05) is 32.9 Å². The topological polar surface area (TPSA) is 29.1 Å². The fourth-order valence-electron chi connectivity index (χ4n) is 4.33. The highest BCUT2D eigenvalue weighted by Crippen LogP contribution is 2.40. The van der Waals surface area contributed by atoms with Crippen LogP contribution in [0.25, 0.3) is 5.57 Å². The Morgan fingerprint density at radius 1 is 1.15 bits per heavy atom. The zero-order chi connectivity index (χ0) is 24.2. The van der Waals surface area contributed by atoms with Crippen LogP contribution in [-0.4, -0.2) is 5.91 Å². The molecule has 2 nitrogen and oxygen atoms in total. The summed E-state index contributed by atoms with van der Waals surface area (Å²) in [5, 5.41) is 2.59. The Morgan fingerprint density at radius 3 is 2.24 bits per heavy atom. The van der Waals surface area contributed by atoms with Crippen molar-refractivity contribution in [3.8, 4) is 0 Å². The van der Waals surface area contributed by atoms with Crippen LogP contribution in [0.15, 0.2) is 42.5 Å². The molecular formula is C28H34F3NO. The zero-order valence-electron chi connectivity index (χ0n) is 20.0. The predicted octanol–water partition coefficient (Wildman–Crippen LogP) is 8.29. The fraction of sp³-hybridized carbons (Fsp3) is 0.464. The van der Waals surface area contributed by atoms with E-state index in [9.17, 15) is 13.6 Å². The lowest BCUT2D eigenvalue weighted by Crippen LogP contribution is -2.24. The summed E-state index contributed by atoms with van der Waals surface area (Å²) in [7, 11) is 0. The van der Waals surface area contributed by atoms with Gasteiger partial charge in [-0.05, 0) is 66.9 Å². The molecule has 0 saturated heterocycles. The molecule has 2 aromatic rings. The molecular weight excluding hydrogens is 423 g/mol. The molecule has 2 atom stereocenters. The summed E-state index contributed by atoms with van der Waals surface area (Å²) in [5.41, 5.74) is 1.02. The maximum atomic E-state index is 15.2. The summed E-state index contributed by atoms with van der Waals surface area (Å²) in [6, 6.07) is 9.58. The second-order valence-electron chi connectivity index (χ2n) is 9.35. The number of carbonyl (C=O) groups is 1. The number of halogens is 3. The van der Waals surface area contributed by atoms with Gasteiger partial charge >= 0.3 is 0 Å². The molecule has 1 amide bonds. The Hall–Kier alpha value is -2.56. The van der Waals surface area contributed by atoms with E-state index in [0.29, 0.717) is 12.0 Å². The lowest BCUT2D eigenvalue weighted by molar-refractivity contribution is -0.111. The molecule has 178 valence electrons. The highest BCUT2D eigenvalue weighted by Gasteiger charge is 2.31. The molecule has 3 rings (SSSR count). The first-order valence-electron chi connectivity index (χ1n) is 12.0. The standard InChI is InChI=1S/C28H34F3NO/c1-5-8-21(19-11-13-22(14-12-19)28(4,31)18(3)6-2)15-26(33)32-23-16-24(29)27(25(30)17-23)20-9-7-10-20/h11-18,20H,5-10H2,1-4H3,(H,32,33)/b21-15+. The van der Waals surface area contributed by atoms with Crippen LogP contribution in [0.3, 0.4) is 0 Å². The number of hydrogen-bond acceptors (Lipinski definition) is 1. The number of carbonyl (C=O) groups excluding carboxylic acids is 1. The van der Waals surface area contributed by atoms with Crippen LogP contribution in [0.4, 0.5) is 18.9 Å². The normalized spacial score (nSPS) is 17.2. The lowest BCUT2D eigenvalue weighted by Gasteiger charge is -2.27. The maximum Gasteiger partial charge on any atom is 0.248 e. The number of allylic oxidation sites excluding steroid dienone is 1. The minimum absolute atomic E-state index is 0.0692. The van der Waals surface area contributed by atoms with E-state index in [2.05, 4.69) is 5.32 Å². The van der Waals surface area contributed by atoms with Crippen molar-refractivity contribution in [1.29, 1.82) is 0 Å². The average molecular weight is 458 g/mol. The van der Waals surface area contributed by atoms with Crippen molar-refractivity contribution in [1.82, 2.24) is 0 Å². The third-order valence-electron chi connectivity index (χ3n) is 7.04. The van der Waals surface area contributed by atoms with Crippen LogP contribution in [0.2, 0.25) is 0 Å². The van der Waals surface area contributed by atoms with Crippen LogP contribution >= 0.6 is 0 Å². The van der Waals surface area contributed by atoms with Gasteiger partial charge in [-0.3, -0.25) is 4.79 Å². The van der Waals surface area contributed by atoms with Crippen LogP contribution in [0, 0.1) is 17.6 Å². The summed E-state index contributed by atoms with van der Waals surface area (Å²) >= 11 is 0. The van der Waals surface area contributed by atoms with E-state index < -0.39 is 23.2 Å². The van der Waals surface area contributed by atoms with Crippen LogP contribution in [0.5, 0.6) is 0 Å². The molecule has 1 saturated carbocycles. The van der Waals surface area contributed by atoms with Crippen molar-refractivity contribution < 1.29 is 18.0 Å². The molecule has 2 unspecified atom stereocenters. The van der Waals surface area contributed by atoms with Crippen molar-refractivity contribution in [3.63, 3.8) is 0 Å². The van der Waals surface area contributed by atoms with Gasteiger partial charge in [0.1, 0.15) is 17.3 Å². The minimum Gasteiger partial charge on any atom is -0.322 e. The second kappa shape index (κ2) is 10.6. The second-order valence-corrected chi connectivity index (χ2v) is 9.35. The van der Waals surface area contributed by atoms with Crippen molar-refractivity contribution in [2.45, 2.75) is 77.8 Å². The summed E-state index contributed by atoms with van der Waals surface area (Å²) in [6.07, 6.45) is 6.22. The minimum atomic E-state index is -1.43. The number of benzene rings is 2. The van der Waals surface area contributed by atoms with E-state index in [1.54, 1.807) is 19.1 Å². The molecule has 2 aromatic carbocycles. The third-order valence-corrected chi connectivity index (χ3v) is 7.04. The Labute approximate surface area is 195 Å². The first-order chi connectivity index (χ1) is 15.7. The maximum absolute atomic E-state index is 15.2. The fourth-order valence-corrected chi connectivity index (χ4v) is 4.33. The number of nitrogens with one attached hydrogen (secondary N) is 1. The lowest BCUT2D eigenvalue weighted by atomic mass is 9.79. The molecule has 33 heavy (non-hydrogen) atoms. The number of anilines is 1. The van der Waals surface area contributed by atoms with E-state index in [1.165, 1.54) is 18.2 Å². The highest BCUT2D eigenvalue weighted by atomic mass is 19.1. The van der Waals surface area contributed by atoms with Crippen LogP contribution in [0.1, 0.15) is 88.8 Å². The molecule has 0 heterocycles. The SMILES string of the molecule is CCC/C(=C\C(=O)Nc1cc(F)c(C2CCC2)c(F)c1)c1ccc(C(C)(F)C(C)CC)cc1. The highest BCUT2D eigenvalue weighted by molar-refractivity contribution is 6.04. The van der Waals surface area contributed by atoms with Gasteiger partial charge in [-0.25, -0.2) is 13.2 Å². The van der Waals surface area contributed by atoms with Gasteiger partial charge in [-0.2, -0.15) is 0 Å². The number of alkyl halides is 1. The Bertz CT molecular complexity index is 983. The largest absolute Gasteiger partial charge is 0.322 e. The Kier molecular flexibility index (Phi) is 8.04. The molecule has 0 radical (unpaired) electrons. The van der Waals surface area contributed by atoms with Gasteiger partial charge in [0, 0.05) is 17.3 Å². The van der Waals surface area contributed by atoms with Crippen LogP contribution < -0.4 is 5.32 Å². The van der Waals surface area contributed by atoms with Crippen molar-refractivity contribution in [3.05, 3.63) is 70.8 Å². The molecule has 0 bridgehead atoms. The average Bonchev–Trinajstić information content (AvgIpc) is 2.74. The molecule has 0 aromatic heterocycles. The summed E-state index contributed by atoms with van der Waals surface area (Å²) in [6.45, 7) is 7.47. The molecule has 5 heteroatoms. The van der Waals surface area contributed by atoms with E-state index in [4.69, 9.17) is 0 Å². The molecule has 0 aliphatic heterocycles.